The first-order valence-corrected chi connectivity index (χ1v) is 7.79. The van der Waals surface area contributed by atoms with E-state index in [2.05, 4.69) is 15.6 Å². The van der Waals surface area contributed by atoms with Crippen LogP contribution < -0.4 is 10.6 Å². The number of guanidine groups is 1. The average molecular weight is 301 g/mol. The lowest BCUT2D eigenvalue weighted by molar-refractivity contribution is 0.127. The lowest BCUT2D eigenvalue weighted by Crippen LogP contribution is -2.45. The Kier molecular flexibility index (Phi) is 7.42. The molecule has 0 amide bonds. The minimum Gasteiger partial charge on any atom is -0.396 e. The van der Waals surface area contributed by atoms with E-state index < -0.39 is 0 Å². The normalized spacial score (nSPS) is 23.4. The Morgan fingerprint density at radius 1 is 1.33 bits per heavy atom. The first kappa shape index (κ1) is 18.2. The highest BCUT2D eigenvalue weighted by atomic mass is 16.5. The Morgan fingerprint density at radius 2 is 2.10 bits per heavy atom. The molecule has 0 bridgehead atoms. The molecule has 1 heterocycles. The van der Waals surface area contributed by atoms with Crippen LogP contribution in [0, 0.1) is 10.8 Å². The van der Waals surface area contributed by atoms with Gasteiger partial charge in [0.15, 0.2) is 5.96 Å². The number of aliphatic imine (C=N–C) groups is 1. The summed E-state index contributed by atoms with van der Waals surface area (Å²) in [4.78, 5) is 4.54. The molecular weight excluding hydrogens is 270 g/mol. The predicted octanol–water partition coefficient (Wildman–Crippen LogP) is 0.349. The maximum absolute atomic E-state index is 9.30. The SMILES string of the molecule is CCNC(=NCC(C)(C)CO)NCC1(CCO)CCOC1. The number of rotatable bonds is 8. The van der Waals surface area contributed by atoms with Crippen LogP contribution in [0.25, 0.3) is 0 Å². The van der Waals surface area contributed by atoms with Gasteiger partial charge in [-0.2, -0.15) is 0 Å². The molecule has 1 aliphatic rings. The molecule has 1 fully saturated rings. The Morgan fingerprint density at radius 3 is 2.62 bits per heavy atom. The van der Waals surface area contributed by atoms with Gasteiger partial charge in [-0.05, 0) is 19.8 Å². The van der Waals surface area contributed by atoms with Gasteiger partial charge in [0, 0.05) is 43.7 Å². The highest BCUT2D eigenvalue weighted by Gasteiger charge is 2.34. The third-order valence-electron chi connectivity index (χ3n) is 3.90. The number of ether oxygens (including phenoxy) is 1. The summed E-state index contributed by atoms with van der Waals surface area (Å²) in [6, 6.07) is 0. The van der Waals surface area contributed by atoms with Gasteiger partial charge < -0.3 is 25.6 Å². The number of nitrogens with one attached hydrogen (secondary N) is 2. The fourth-order valence-corrected chi connectivity index (χ4v) is 2.27. The Hall–Kier alpha value is -0.850. The summed E-state index contributed by atoms with van der Waals surface area (Å²) < 4.78 is 5.49. The maximum atomic E-state index is 9.30. The van der Waals surface area contributed by atoms with Crippen LogP contribution in [0.15, 0.2) is 4.99 Å². The zero-order valence-electron chi connectivity index (χ0n) is 13.6. The number of hydrogen-bond donors (Lipinski definition) is 4. The second-order valence-corrected chi connectivity index (χ2v) is 6.65. The highest BCUT2D eigenvalue weighted by molar-refractivity contribution is 5.79. The van der Waals surface area contributed by atoms with Crippen molar-refractivity contribution in [3.05, 3.63) is 0 Å². The minimum atomic E-state index is -0.221. The van der Waals surface area contributed by atoms with Crippen LogP contribution in [-0.2, 0) is 4.74 Å². The largest absolute Gasteiger partial charge is 0.396 e. The summed E-state index contributed by atoms with van der Waals surface area (Å²) >= 11 is 0. The van der Waals surface area contributed by atoms with Gasteiger partial charge in [0.2, 0.25) is 0 Å². The molecule has 0 radical (unpaired) electrons. The zero-order valence-corrected chi connectivity index (χ0v) is 13.6. The lowest BCUT2D eigenvalue weighted by atomic mass is 9.84. The Balaban J connectivity index is 2.59. The van der Waals surface area contributed by atoms with Gasteiger partial charge >= 0.3 is 0 Å². The average Bonchev–Trinajstić information content (AvgIpc) is 2.91. The fraction of sp³-hybridized carbons (Fsp3) is 0.933. The molecule has 0 spiro atoms. The second-order valence-electron chi connectivity index (χ2n) is 6.65. The monoisotopic (exact) mass is 301 g/mol. The maximum Gasteiger partial charge on any atom is 0.191 e. The van der Waals surface area contributed by atoms with Crippen molar-refractivity contribution in [2.45, 2.75) is 33.6 Å². The molecule has 6 heteroatoms. The van der Waals surface area contributed by atoms with Crippen LogP contribution in [0.5, 0.6) is 0 Å². The van der Waals surface area contributed by atoms with Gasteiger partial charge in [0.25, 0.3) is 0 Å². The van der Waals surface area contributed by atoms with Gasteiger partial charge in [-0.15, -0.1) is 0 Å². The smallest absolute Gasteiger partial charge is 0.191 e. The van der Waals surface area contributed by atoms with Crippen LogP contribution >= 0.6 is 0 Å². The number of aliphatic hydroxyl groups is 2. The van der Waals surface area contributed by atoms with Crippen molar-refractivity contribution >= 4 is 5.96 Å². The van der Waals surface area contributed by atoms with Gasteiger partial charge in [-0.25, -0.2) is 0 Å². The van der Waals surface area contributed by atoms with E-state index in [0.717, 1.165) is 38.5 Å². The first-order valence-electron chi connectivity index (χ1n) is 7.79. The van der Waals surface area contributed by atoms with Crippen molar-refractivity contribution in [2.75, 3.05) is 46.1 Å². The first-order chi connectivity index (χ1) is 9.97. The molecule has 0 saturated carbocycles. The van der Waals surface area contributed by atoms with Crippen molar-refractivity contribution in [2.24, 2.45) is 15.8 Å². The third kappa shape index (κ3) is 6.20. The molecule has 124 valence electrons. The van der Waals surface area contributed by atoms with Gasteiger partial charge in [0.05, 0.1) is 13.2 Å². The fourth-order valence-electron chi connectivity index (χ4n) is 2.27. The van der Waals surface area contributed by atoms with E-state index in [1.807, 2.05) is 20.8 Å². The quantitative estimate of drug-likeness (QED) is 0.384. The van der Waals surface area contributed by atoms with Crippen molar-refractivity contribution in [3.63, 3.8) is 0 Å². The lowest BCUT2D eigenvalue weighted by Gasteiger charge is -2.28. The van der Waals surface area contributed by atoms with Crippen molar-refractivity contribution in [3.8, 4) is 0 Å². The van der Waals surface area contributed by atoms with E-state index in [0.29, 0.717) is 13.2 Å². The molecule has 0 aliphatic carbocycles. The molecule has 0 aromatic heterocycles. The molecular formula is C15H31N3O3. The Labute approximate surface area is 128 Å². The highest BCUT2D eigenvalue weighted by Crippen LogP contribution is 2.31. The van der Waals surface area contributed by atoms with Crippen LogP contribution in [0.3, 0.4) is 0 Å². The summed E-state index contributed by atoms with van der Waals surface area (Å²) in [6.45, 7) is 9.80. The standard InChI is InChI=1S/C15H31N3O3/c1-4-16-13(17-9-14(2,3)11-20)18-10-15(5-7-19)6-8-21-12-15/h19-20H,4-12H2,1-3H3,(H2,16,17,18). The predicted molar refractivity (Wildman–Crippen MR) is 84.4 cm³/mol. The van der Waals surface area contributed by atoms with Crippen LogP contribution in [0.2, 0.25) is 0 Å². The van der Waals surface area contributed by atoms with Crippen LogP contribution in [-0.4, -0.2) is 62.2 Å². The summed E-state index contributed by atoms with van der Waals surface area (Å²) in [7, 11) is 0. The van der Waals surface area contributed by atoms with E-state index in [9.17, 15) is 10.2 Å². The number of nitrogens with zero attached hydrogens (tertiary/aromatic N) is 1. The molecule has 1 unspecified atom stereocenters. The van der Waals surface area contributed by atoms with E-state index in [1.165, 1.54) is 0 Å². The van der Waals surface area contributed by atoms with Crippen LogP contribution in [0.1, 0.15) is 33.6 Å². The van der Waals surface area contributed by atoms with E-state index in [4.69, 9.17) is 4.74 Å². The topological polar surface area (TPSA) is 86.1 Å². The Bertz CT molecular complexity index is 326. The van der Waals surface area contributed by atoms with Crippen LogP contribution in [0.4, 0.5) is 0 Å². The molecule has 1 saturated heterocycles. The van der Waals surface area contributed by atoms with Gasteiger partial charge in [-0.1, -0.05) is 13.8 Å². The molecule has 21 heavy (non-hydrogen) atoms. The number of hydrogen-bond acceptors (Lipinski definition) is 4. The minimum absolute atomic E-state index is 0.00254. The van der Waals surface area contributed by atoms with E-state index in [-0.39, 0.29) is 24.0 Å². The molecule has 0 aromatic rings. The van der Waals surface area contributed by atoms with Gasteiger partial charge in [-0.3, -0.25) is 4.99 Å². The summed E-state index contributed by atoms with van der Waals surface area (Å²) in [5.74, 6) is 0.753. The van der Waals surface area contributed by atoms with Gasteiger partial charge in [0.1, 0.15) is 0 Å². The zero-order chi connectivity index (χ0) is 15.8. The molecule has 1 rings (SSSR count). The van der Waals surface area contributed by atoms with Crippen molar-refractivity contribution in [1.82, 2.24) is 10.6 Å². The van der Waals surface area contributed by atoms with Crippen molar-refractivity contribution < 1.29 is 14.9 Å². The molecule has 6 nitrogen and oxygen atoms in total. The molecule has 0 aromatic carbocycles. The molecule has 1 atom stereocenters. The van der Waals surface area contributed by atoms with E-state index in [1.54, 1.807) is 0 Å². The van der Waals surface area contributed by atoms with E-state index >= 15 is 0 Å². The summed E-state index contributed by atoms with van der Waals surface area (Å²) in [6.07, 6.45) is 1.70. The molecule has 1 aliphatic heterocycles. The molecule has 4 N–H and O–H groups in total. The summed E-state index contributed by atoms with van der Waals surface area (Å²) in [5, 5.41) is 25.1. The second kappa shape index (κ2) is 8.56. The number of aliphatic hydroxyl groups excluding tert-OH is 2. The van der Waals surface area contributed by atoms with Crippen molar-refractivity contribution in [1.29, 1.82) is 0 Å². The summed E-state index contributed by atoms with van der Waals surface area (Å²) in [5.41, 5.74) is -0.223. The third-order valence-corrected chi connectivity index (χ3v) is 3.90.